The lowest BCUT2D eigenvalue weighted by molar-refractivity contribution is -0.597. The molecule has 0 saturated heterocycles. The third-order valence-corrected chi connectivity index (χ3v) is 5.83. The molecular weight excluding hydrogens is 386 g/mol. The van der Waals surface area contributed by atoms with Crippen molar-refractivity contribution in [2.45, 2.75) is 25.2 Å². The van der Waals surface area contributed by atoms with Gasteiger partial charge in [-0.1, -0.05) is 23.5 Å². The van der Waals surface area contributed by atoms with E-state index in [-0.39, 0.29) is 12.3 Å². The summed E-state index contributed by atoms with van der Waals surface area (Å²) in [4.78, 5) is 21.1. The summed E-state index contributed by atoms with van der Waals surface area (Å²) in [7, 11) is 0. The minimum absolute atomic E-state index is 0.0342. The van der Waals surface area contributed by atoms with Gasteiger partial charge >= 0.3 is 0 Å². The molecule has 140 valence electrons. The maximum Gasteiger partial charge on any atom is 0.284 e. The molecule has 0 radical (unpaired) electrons. The van der Waals surface area contributed by atoms with E-state index in [2.05, 4.69) is 14.7 Å². The van der Waals surface area contributed by atoms with Gasteiger partial charge in [-0.25, -0.2) is 9.97 Å². The number of aryl methyl sites for hydroxylation is 1. The Hall–Kier alpha value is -2.56. The molecule has 0 aliphatic carbocycles. The van der Waals surface area contributed by atoms with E-state index in [4.69, 9.17) is 0 Å². The van der Waals surface area contributed by atoms with Gasteiger partial charge in [0.25, 0.3) is 11.4 Å². The number of nitro benzene ring substituents is 1. The molecule has 0 aliphatic heterocycles. The van der Waals surface area contributed by atoms with Crippen molar-refractivity contribution in [3.63, 3.8) is 0 Å². The van der Waals surface area contributed by atoms with Gasteiger partial charge in [0.05, 0.1) is 9.80 Å². The number of hydrogen-bond donors (Lipinski definition) is 2. The molecule has 3 rings (SSSR count). The highest BCUT2D eigenvalue weighted by Crippen LogP contribution is 2.30. The van der Waals surface area contributed by atoms with Crippen molar-refractivity contribution in [3.05, 3.63) is 62.5 Å². The third-order valence-electron chi connectivity index (χ3n) is 3.87. The first-order valence-corrected chi connectivity index (χ1v) is 9.80. The van der Waals surface area contributed by atoms with Crippen LogP contribution >= 0.6 is 23.3 Å². The molecule has 0 saturated carbocycles. The lowest BCUT2D eigenvalue weighted by Gasteiger charge is -2.07. The first-order valence-electron chi connectivity index (χ1n) is 8.11. The molecule has 10 heteroatoms. The van der Waals surface area contributed by atoms with Crippen LogP contribution in [-0.2, 0) is 6.42 Å². The lowest BCUT2D eigenvalue weighted by Crippen LogP contribution is -2.33. The molecule has 2 aromatic heterocycles. The number of nitro groups is 1. The van der Waals surface area contributed by atoms with Crippen molar-refractivity contribution >= 4 is 34.8 Å². The number of thiazole rings is 1. The van der Waals surface area contributed by atoms with Crippen LogP contribution in [-0.4, -0.2) is 26.6 Å². The van der Waals surface area contributed by atoms with Gasteiger partial charge in [0.1, 0.15) is 16.9 Å². The second kappa shape index (κ2) is 8.42. The summed E-state index contributed by atoms with van der Waals surface area (Å²) in [6.07, 6.45) is 2.30. The van der Waals surface area contributed by atoms with E-state index in [1.54, 1.807) is 42.7 Å². The smallest absolute Gasteiger partial charge is 0.284 e. The molecule has 0 spiro atoms. The predicted octanol–water partition coefficient (Wildman–Crippen LogP) is 2.99. The van der Waals surface area contributed by atoms with Gasteiger partial charge in [0, 0.05) is 26.0 Å². The van der Waals surface area contributed by atoms with E-state index < -0.39 is 4.92 Å². The number of aliphatic hydroxyl groups is 1. The van der Waals surface area contributed by atoms with E-state index in [0.29, 0.717) is 23.0 Å². The fourth-order valence-corrected chi connectivity index (χ4v) is 4.24. The summed E-state index contributed by atoms with van der Waals surface area (Å²) < 4.78 is 5.08. The van der Waals surface area contributed by atoms with Crippen molar-refractivity contribution < 1.29 is 14.6 Å². The fourth-order valence-electron chi connectivity index (χ4n) is 2.51. The summed E-state index contributed by atoms with van der Waals surface area (Å²) >= 11 is 2.69. The quantitative estimate of drug-likeness (QED) is 0.270. The predicted molar refractivity (Wildman–Crippen MR) is 104 cm³/mol. The first kappa shape index (κ1) is 19.2. The largest absolute Gasteiger partial charge is 0.396 e. The Morgan fingerprint density at radius 2 is 2.15 bits per heavy atom. The molecule has 27 heavy (non-hydrogen) atoms. The van der Waals surface area contributed by atoms with Crippen molar-refractivity contribution in [1.82, 2.24) is 9.97 Å². The van der Waals surface area contributed by atoms with Crippen LogP contribution in [0.3, 0.4) is 0 Å². The van der Waals surface area contributed by atoms with Crippen molar-refractivity contribution in [1.29, 1.82) is 0 Å². The first-order chi connectivity index (χ1) is 13.0. The van der Waals surface area contributed by atoms with Gasteiger partial charge in [-0.15, -0.1) is 4.57 Å². The Bertz CT molecular complexity index is 977. The summed E-state index contributed by atoms with van der Waals surface area (Å²) in [6, 6.07) is 6.54. The maximum atomic E-state index is 11.2. The SMILES string of the molecule is Cc1ncc(-[n+]2csc(CCO)c2C)c(NSc2ccccc2[N+](=O)[O-])n1. The van der Waals surface area contributed by atoms with Crippen molar-refractivity contribution in [2.75, 3.05) is 11.3 Å². The summed E-state index contributed by atoms with van der Waals surface area (Å²) in [5.74, 6) is 1.15. The summed E-state index contributed by atoms with van der Waals surface area (Å²) in [5.41, 5.74) is 3.71. The summed E-state index contributed by atoms with van der Waals surface area (Å²) in [5, 5.41) is 20.4. The number of aromatic nitrogens is 3. The molecule has 0 amide bonds. The number of nitrogens with one attached hydrogen (secondary N) is 1. The lowest BCUT2D eigenvalue weighted by atomic mass is 10.3. The second-order valence-corrected chi connectivity index (χ2v) is 7.44. The van der Waals surface area contributed by atoms with Gasteiger partial charge in [-0.3, -0.25) is 10.1 Å². The van der Waals surface area contributed by atoms with E-state index in [0.717, 1.165) is 28.2 Å². The van der Waals surface area contributed by atoms with Crippen LogP contribution in [0.15, 0.2) is 40.9 Å². The van der Waals surface area contributed by atoms with E-state index in [1.165, 1.54) is 6.07 Å². The molecule has 0 bridgehead atoms. The van der Waals surface area contributed by atoms with Gasteiger partial charge in [0.15, 0.2) is 5.69 Å². The van der Waals surface area contributed by atoms with Crippen LogP contribution in [0.5, 0.6) is 0 Å². The molecule has 0 atom stereocenters. The fraction of sp³-hybridized carbons (Fsp3) is 0.235. The minimum atomic E-state index is -0.408. The zero-order chi connectivity index (χ0) is 19.4. The monoisotopic (exact) mass is 404 g/mol. The van der Waals surface area contributed by atoms with E-state index >= 15 is 0 Å². The van der Waals surface area contributed by atoms with Crippen molar-refractivity contribution in [3.8, 4) is 5.69 Å². The Kier molecular flexibility index (Phi) is 5.99. The number of hydrogen-bond acceptors (Lipinski definition) is 8. The Morgan fingerprint density at radius 3 is 2.89 bits per heavy atom. The van der Waals surface area contributed by atoms with E-state index in [9.17, 15) is 15.2 Å². The van der Waals surface area contributed by atoms with Crippen molar-refractivity contribution in [2.24, 2.45) is 0 Å². The maximum absolute atomic E-state index is 11.2. The Morgan fingerprint density at radius 1 is 1.37 bits per heavy atom. The number of benzene rings is 1. The number of para-hydroxylation sites is 1. The van der Waals surface area contributed by atoms with Gasteiger partial charge in [0.2, 0.25) is 11.3 Å². The normalized spacial score (nSPS) is 10.8. The average Bonchev–Trinajstić information content (AvgIpc) is 3.01. The van der Waals surface area contributed by atoms with Gasteiger partial charge < -0.3 is 9.83 Å². The number of nitrogens with zero attached hydrogens (tertiary/aromatic N) is 4. The molecule has 0 unspecified atom stereocenters. The number of anilines is 1. The van der Waals surface area contributed by atoms with Crippen LogP contribution in [0.1, 0.15) is 16.4 Å². The highest BCUT2D eigenvalue weighted by molar-refractivity contribution is 8.00. The van der Waals surface area contributed by atoms with Crippen LogP contribution in [0, 0.1) is 24.0 Å². The summed E-state index contributed by atoms with van der Waals surface area (Å²) in [6.45, 7) is 3.84. The molecule has 0 fully saturated rings. The molecule has 8 nitrogen and oxygen atoms in total. The minimum Gasteiger partial charge on any atom is -0.396 e. The van der Waals surface area contributed by atoms with Crippen LogP contribution in [0.25, 0.3) is 5.69 Å². The van der Waals surface area contributed by atoms with E-state index in [1.807, 2.05) is 17.0 Å². The molecule has 1 aromatic carbocycles. The zero-order valence-corrected chi connectivity index (χ0v) is 16.4. The molecule has 3 aromatic rings. The molecular formula is C17H18N5O3S2+. The van der Waals surface area contributed by atoms with Crippen LogP contribution in [0.4, 0.5) is 11.5 Å². The van der Waals surface area contributed by atoms with Gasteiger partial charge in [-0.05, 0) is 24.9 Å². The zero-order valence-electron chi connectivity index (χ0n) is 14.7. The molecule has 0 aliphatic rings. The molecule has 2 N–H and O–H groups in total. The Balaban J connectivity index is 1.93. The third kappa shape index (κ3) is 4.24. The highest BCUT2D eigenvalue weighted by Gasteiger charge is 2.23. The van der Waals surface area contributed by atoms with Crippen LogP contribution < -0.4 is 9.29 Å². The topological polar surface area (TPSA) is 105 Å². The average molecular weight is 404 g/mol. The Labute approximate surface area is 164 Å². The van der Waals surface area contributed by atoms with Gasteiger partial charge in [-0.2, -0.15) is 0 Å². The second-order valence-electron chi connectivity index (χ2n) is 5.66. The standard InChI is InChI=1S/C17H18N5O3S2/c1-11-15(7-8-23)26-10-21(11)14-9-18-12(2)19-17(14)20-27-16-6-4-3-5-13(16)22(24)25/h3-6,9-10,23H,7-8H2,1-2H3,(H,18,19,20)/q+1. The molecule has 2 heterocycles. The van der Waals surface area contributed by atoms with Crippen LogP contribution in [0.2, 0.25) is 0 Å². The number of rotatable bonds is 7. The highest BCUT2D eigenvalue weighted by atomic mass is 32.2. The number of aliphatic hydroxyl groups excluding tert-OH is 1.